The fourth-order valence-corrected chi connectivity index (χ4v) is 2.77. The fraction of sp³-hybridized carbons (Fsp3) is 0.625. The molecule has 2 rings (SSSR count). The summed E-state index contributed by atoms with van der Waals surface area (Å²) in [6, 6.07) is 3.89. The number of guanidine groups is 1. The molecular formula is C16H27IN4O2S. The molecule has 136 valence electrons. The second kappa shape index (κ2) is 11.6. The van der Waals surface area contributed by atoms with Crippen LogP contribution in [0.2, 0.25) is 0 Å². The van der Waals surface area contributed by atoms with Crippen LogP contribution in [0.1, 0.15) is 12.7 Å². The molecule has 0 atom stereocenters. The Hall–Kier alpha value is -0.900. The molecule has 24 heavy (non-hydrogen) atoms. The molecule has 1 fully saturated rings. The van der Waals surface area contributed by atoms with Gasteiger partial charge in [-0.05, 0) is 18.4 Å². The van der Waals surface area contributed by atoms with Gasteiger partial charge in [0.25, 0.3) is 0 Å². The van der Waals surface area contributed by atoms with Gasteiger partial charge in [-0.2, -0.15) is 11.8 Å². The number of carbonyl (C=O) groups excluding carboxylic acids is 1. The highest BCUT2D eigenvalue weighted by Gasteiger charge is 2.20. The third-order valence-corrected chi connectivity index (χ3v) is 4.41. The van der Waals surface area contributed by atoms with Crippen LogP contribution in [0.4, 0.5) is 0 Å². The van der Waals surface area contributed by atoms with Gasteiger partial charge in [-0.15, -0.1) is 24.0 Å². The number of nitrogens with one attached hydrogen (secondary N) is 1. The summed E-state index contributed by atoms with van der Waals surface area (Å²) in [5.74, 6) is 3.07. The molecule has 1 N–H and O–H groups in total. The monoisotopic (exact) mass is 466 g/mol. The predicted molar refractivity (Wildman–Crippen MR) is 110 cm³/mol. The number of aliphatic imine (C=N–C) groups is 1. The van der Waals surface area contributed by atoms with Crippen LogP contribution in [0, 0.1) is 0 Å². The van der Waals surface area contributed by atoms with Gasteiger partial charge in [-0.1, -0.05) is 0 Å². The van der Waals surface area contributed by atoms with Gasteiger partial charge in [0.05, 0.1) is 12.8 Å². The molecule has 0 spiro atoms. The fourth-order valence-electron chi connectivity index (χ4n) is 2.50. The van der Waals surface area contributed by atoms with Crippen LogP contribution in [-0.4, -0.2) is 72.9 Å². The molecule has 0 radical (unpaired) electrons. The van der Waals surface area contributed by atoms with Gasteiger partial charge in [0.1, 0.15) is 5.76 Å². The highest BCUT2D eigenvalue weighted by Crippen LogP contribution is 2.04. The Kier molecular flexibility index (Phi) is 10.2. The molecule has 1 saturated heterocycles. The van der Waals surface area contributed by atoms with Crippen LogP contribution >= 0.6 is 35.7 Å². The SMILES string of the molecule is CSCCN=C(NCCc1ccco1)N1CCN(C(C)=O)CC1.I. The van der Waals surface area contributed by atoms with Gasteiger partial charge in [-0.25, -0.2) is 0 Å². The molecule has 1 amide bonds. The Labute approximate surface area is 165 Å². The molecular weight excluding hydrogens is 439 g/mol. The van der Waals surface area contributed by atoms with Crippen molar-refractivity contribution >= 4 is 47.6 Å². The van der Waals surface area contributed by atoms with E-state index < -0.39 is 0 Å². The van der Waals surface area contributed by atoms with Crippen molar-refractivity contribution in [1.82, 2.24) is 15.1 Å². The topological polar surface area (TPSA) is 61.1 Å². The normalized spacial score (nSPS) is 15.2. The first kappa shape index (κ1) is 21.1. The molecule has 2 heterocycles. The first-order chi connectivity index (χ1) is 11.2. The largest absolute Gasteiger partial charge is 0.469 e. The van der Waals surface area contributed by atoms with E-state index in [2.05, 4.69) is 16.5 Å². The highest BCUT2D eigenvalue weighted by atomic mass is 127. The van der Waals surface area contributed by atoms with E-state index in [1.807, 2.05) is 17.0 Å². The number of piperazine rings is 1. The Balaban J connectivity index is 0.00000288. The molecule has 8 heteroatoms. The smallest absolute Gasteiger partial charge is 0.219 e. The molecule has 1 aliphatic heterocycles. The van der Waals surface area contributed by atoms with E-state index in [1.54, 1.807) is 24.9 Å². The lowest BCUT2D eigenvalue weighted by molar-refractivity contribution is -0.130. The molecule has 1 aromatic rings. The second-order valence-corrected chi connectivity index (χ2v) is 6.43. The Bertz CT molecular complexity index is 502. The van der Waals surface area contributed by atoms with Gasteiger partial charge >= 0.3 is 0 Å². The molecule has 0 aliphatic carbocycles. The number of thioether (sulfide) groups is 1. The standard InChI is InChI=1S/C16H26N4O2S.HI/c1-14(21)19-8-10-20(11-9-19)16(18-7-13-23-2)17-6-5-15-4-3-12-22-15;/h3-4,12H,5-11,13H2,1-2H3,(H,17,18);1H. The maximum absolute atomic E-state index is 11.4. The summed E-state index contributed by atoms with van der Waals surface area (Å²) >= 11 is 1.80. The van der Waals surface area contributed by atoms with Crippen molar-refractivity contribution in [2.24, 2.45) is 4.99 Å². The van der Waals surface area contributed by atoms with Crippen molar-refractivity contribution in [1.29, 1.82) is 0 Å². The molecule has 1 aromatic heterocycles. The number of hydrogen-bond acceptors (Lipinski definition) is 4. The number of hydrogen-bond donors (Lipinski definition) is 1. The average Bonchev–Trinajstić information content (AvgIpc) is 3.07. The third-order valence-electron chi connectivity index (χ3n) is 3.82. The minimum absolute atomic E-state index is 0. The van der Waals surface area contributed by atoms with Gasteiger partial charge in [0.2, 0.25) is 5.91 Å². The maximum atomic E-state index is 11.4. The van der Waals surface area contributed by atoms with Crippen LogP contribution < -0.4 is 5.32 Å². The third kappa shape index (κ3) is 6.92. The van der Waals surface area contributed by atoms with E-state index >= 15 is 0 Å². The lowest BCUT2D eigenvalue weighted by Crippen LogP contribution is -2.53. The summed E-state index contributed by atoms with van der Waals surface area (Å²) in [6.07, 6.45) is 4.62. The van der Waals surface area contributed by atoms with Gasteiger partial charge in [-0.3, -0.25) is 9.79 Å². The van der Waals surface area contributed by atoms with Crippen LogP contribution in [0.25, 0.3) is 0 Å². The number of nitrogens with zero attached hydrogens (tertiary/aromatic N) is 3. The average molecular weight is 466 g/mol. The molecule has 0 aromatic carbocycles. The summed E-state index contributed by atoms with van der Waals surface area (Å²) in [4.78, 5) is 20.3. The molecule has 0 bridgehead atoms. The zero-order valence-corrected chi connectivity index (χ0v) is 17.5. The molecule has 0 unspecified atom stereocenters. The number of amides is 1. The van der Waals surface area contributed by atoms with Crippen molar-refractivity contribution in [2.45, 2.75) is 13.3 Å². The summed E-state index contributed by atoms with van der Waals surface area (Å²) in [5, 5.41) is 3.43. The Morgan fingerprint density at radius 1 is 1.33 bits per heavy atom. The number of carbonyl (C=O) groups is 1. The van der Waals surface area contributed by atoms with Crippen molar-refractivity contribution in [3.63, 3.8) is 0 Å². The van der Waals surface area contributed by atoms with Crippen molar-refractivity contribution < 1.29 is 9.21 Å². The van der Waals surface area contributed by atoms with Crippen LogP contribution in [0.15, 0.2) is 27.8 Å². The minimum atomic E-state index is 0. The van der Waals surface area contributed by atoms with E-state index in [-0.39, 0.29) is 29.9 Å². The predicted octanol–water partition coefficient (Wildman–Crippen LogP) is 1.91. The zero-order valence-electron chi connectivity index (χ0n) is 14.4. The van der Waals surface area contributed by atoms with Crippen molar-refractivity contribution in [3.8, 4) is 0 Å². The van der Waals surface area contributed by atoms with E-state index in [4.69, 9.17) is 9.41 Å². The maximum Gasteiger partial charge on any atom is 0.219 e. The van der Waals surface area contributed by atoms with Crippen molar-refractivity contribution in [2.75, 3.05) is 51.3 Å². The summed E-state index contributed by atoms with van der Waals surface area (Å²) < 4.78 is 5.36. The Morgan fingerprint density at radius 2 is 2.04 bits per heavy atom. The lowest BCUT2D eigenvalue weighted by Gasteiger charge is -2.36. The number of furan rings is 1. The quantitative estimate of drug-likeness (QED) is 0.301. The van der Waals surface area contributed by atoms with Crippen LogP contribution in [0.5, 0.6) is 0 Å². The lowest BCUT2D eigenvalue weighted by atomic mass is 10.3. The van der Waals surface area contributed by atoms with E-state index in [9.17, 15) is 4.79 Å². The first-order valence-corrected chi connectivity index (χ1v) is 9.40. The van der Waals surface area contributed by atoms with Crippen LogP contribution in [-0.2, 0) is 11.2 Å². The highest BCUT2D eigenvalue weighted by molar-refractivity contribution is 14.0. The van der Waals surface area contributed by atoms with E-state index in [0.717, 1.165) is 63.2 Å². The summed E-state index contributed by atoms with van der Waals surface area (Å²) in [6.45, 7) is 6.39. The Morgan fingerprint density at radius 3 is 2.62 bits per heavy atom. The van der Waals surface area contributed by atoms with Gasteiger partial charge in [0, 0.05) is 51.8 Å². The number of rotatable bonds is 6. The number of halogens is 1. The van der Waals surface area contributed by atoms with Gasteiger partial charge in [0.15, 0.2) is 5.96 Å². The van der Waals surface area contributed by atoms with E-state index in [0.29, 0.717) is 0 Å². The zero-order chi connectivity index (χ0) is 16.5. The first-order valence-electron chi connectivity index (χ1n) is 8.01. The summed E-state index contributed by atoms with van der Waals surface area (Å²) in [7, 11) is 0. The van der Waals surface area contributed by atoms with Gasteiger partial charge < -0.3 is 19.5 Å². The molecule has 6 nitrogen and oxygen atoms in total. The molecule has 0 saturated carbocycles. The second-order valence-electron chi connectivity index (χ2n) is 5.45. The van der Waals surface area contributed by atoms with Crippen LogP contribution in [0.3, 0.4) is 0 Å². The minimum Gasteiger partial charge on any atom is -0.469 e. The van der Waals surface area contributed by atoms with Crippen molar-refractivity contribution in [3.05, 3.63) is 24.2 Å². The molecule has 1 aliphatic rings. The summed E-state index contributed by atoms with van der Waals surface area (Å²) in [5.41, 5.74) is 0. The van der Waals surface area contributed by atoms with E-state index in [1.165, 1.54) is 0 Å².